The van der Waals surface area contributed by atoms with Crippen LogP contribution in [0.3, 0.4) is 0 Å². The lowest BCUT2D eigenvalue weighted by Crippen LogP contribution is -2.54. The van der Waals surface area contributed by atoms with Gasteiger partial charge in [-0.2, -0.15) is 0 Å². The van der Waals surface area contributed by atoms with Gasteiger partial charge in [0.2, 0.25) is 5.91 Å². The van der Waals surface area contributed by atoms with E-state index >= 15 is 0 Å². The Hall–Kier alpha value is -2.28. The van der Waals surface area contributed by atoms with Crippen LogP contribution in [-0.4, -0.2) is 73.3 Å². The van der Waals surface area contributed by atoms with E-state index in [1.165, 1.54) is 19.3 Å². The molecule has 2 aliphatic carbocycles. The van der Waals surface area contributed by atoms with E-state index in [0.29, 0.717) is 19.1 Å². The van der Waals surface area contributed by atoms with Gasteiger partial charge in [0.1, 0.15) is 12.4 Å². The lowest BCUT2D eigenvalue weighted by atomic mass is 9.86. The van der Waals surface area contributed by atoms with E-state index in [-0.39, 0.29) is 18.1 Å². The van der Waals surface area contributed by atoms with Crippen molar-refractivity contribution < 1.29 is 19.1 Å². The van der Waals surface area contributed by atoms with E-state index in [0.717, 1.165) is 69.3 Å². The minimum Gasteiger partial charge on any atom is -0.490 e. The summed E-state index contributed by atoms with van der Waals surface area (Å²) in [5.74, 6) is 1.32. The zero-order valence-corrected chi connectivity index (χ0v) is 18.2. The number of hydrogen-bond acceptors (Lipinski definition) is 5. The molecule has 2 saturated heterocycles. The molecule has 0 radical (unpaired) electrons. The first-order chi connectivity index (χ1) is 15.2. The number of cyclic esters (lactones) is 1. The van der Waals surface area contributed by atoms with Crippen LogP contribution in [-0.2, 0) is 9.53 Å². The van der Waals surface area contributed by atoms with Crippen LogP contribution in [0.4, 0.5) is 10.5 Å². The molecule has 0 spiro atoms. The van der Waals surface area contributed by atoms with Crippen molar-refractivity contribution in [3.8, 4) is 5.75 Å². The van der Waals surface area contributed by atoms with Crippen LogP contribution in [0.25, 0.3) is 0 Å². The SMILES string of the molecule is O=C(C1CCC(Oc2ccc(N3CCOC3=O)cc2)CC1)N1CCN(C2CCC2)CC1. The van der Waals surface area contributed by atoms with Crippen LogP contribution in [0.15, 0.2) is 24.3 Å². The van der Waals surface area contributed by atoms with E-state index in [1.807, 2.05) is 24.3 Å². The van der Waals surface area contributed by atoms with Gasteiger partial charge >= 0.3 is 6.09 Å². The smallest absolute Gasteiger partial charge is 0.414 e. The van der Waals surface area contributed by atoms with Crippen LogP contribution in [0, 0.1) is 5.92 Å². The summed E-state index contributed by atoms with van der Waals surface area (Å²) in [6.07, 6.45) is 7.55. The summed E-state index contributed by atoms with van der Waals surface area (Å²) in [6, 6.07) is 8.42. The normalized spacial score (nSPS) is 27.7. The average Bonchev–Trinajstić information content (AvgIpc) is 3.20. The molecule has 31 heavy (non-hydrogen) atoms. The van der Waals surface area contributed by atoms with E-state index in [1.54, 1.807) is 4.90 Å². The summed E-state index contributed by atoms with van der Waals surface area (Å²) in [4.78, 5) is 31.0. The maximum atomic E-state index is 13.0. The zero-order chi connectivity index (χ0) is 21.2. The molecular formula is C24H33N3O4. The van der Waals surface area contributed by atoms with Gasteiger partial charge in [0, 0.05) is 43.8 Å². The number of piperazine rings is 1. The summed E-state index contributed by atoms with van der Waals surface area (Å²) in [7, 11) is 0. The number of ether oxygens (including phenoxy) is 2. The summed E-state index contributed by atoms with van der Waals surface area (Å²) in [5.41, 5.74) is 0.835. The minimum atomic E-state index is -0.291. The van der Waals surface area contributed by atoms with Crippen LogP contribution < -0.4 is 9.64 Å². The van der Waals surface area contributed by atoms with Crippen molar-refractivity contribution >= 4 is 17.7 Å². The summed E-state index contributed by atoms with van der Waals surface area (Å²) >= 11 is 0. The maximum absolute atomic E-state index is 13.0. The van der Waals surface area contributed by atoms with Crippen LogP contribution in [0.1, 0.15) is 44.9 Å². The molecule has 2 saturated carbocycles. The summed E-state index contributed by atoms with van der Waals surface area (Å²) in [6.45, 7) is 4.90. The Kier molecular flexibility index (Phi) is 6.03. The predicted octanol–water partition coefficient (Wildman–Crippen LogP) is 3.28. The molecule has 168 valence electrons. The number of nitrogens with zero attached hydrogens (tertiary/aromatic N) is 3. The number of carbonyl (C=O) groups excluding carboxylic acids is 2. The molecule has 0 N–H and O–H groups in total. The molecule has 0 aromatic heterocycles. The standard InChI is InChI=1S/C24H33N3O4/c28-23(26-14-12-25(13-15-26)19-2-1-3-19)18-4-8-21(9-5-18)31-22-10-6-20(7-11-22)27-16-17-30-24(27)29/h6-7,10-11,18-19,21H,1-5,8-9,12-17H2. The quantitative estimate of drug-likeness (QED) is 0.722. The Bertz CT molecular complexity index is 779. The number of hydrogen-bond donors (Lipinski definition) is 0. The van der Waals surface area contributed by atoms with Gasteiger partial charge in [-0.15, -0.1) is 0 Å². The highest BCUT2D eigenvalue weighted by atomic mass is 16.6. The van der Waals surface area contributed by atoms with Gasteiger partial charge in [-0.25, -0.2) is 4.79 Å². The number of amides is 2. The third-order valence-electron chi connectivity index (χ3n) is 7.45. The maximum Gasteiger partial charge on any atom is 0.414 e. The molecule has 1 aromatic carbocycles. The van der Waals surface area contributed by atoms with Crippen LogP contribution >= 0.6 is 0 Å². The number of benzene rings is 1. The molecule has 4 aliphatic rings. The van der Waals surface area contributed by atoms with Crippen molar-refractivity contribution in [1.82, 2.24) is 9.80 Å². The number of anilines is 1. The summed E-state index contributed by atoms with van der Waals surface area (Å²) < 4.78 is 11.2. The Morgan fingerprint density at radius 1 is 0.903 bits per heavy atom. The van der Waals surface area contributed by atoms with E-state index < -0.39 is 0 Å². The monoisotopic (exact) mass is 427 g/mol. The fraction of sp³-hybridized carbons (Fsp3) is 0.667. The second-order valence-corrected chi connectivity index (χ2v) is 9.30. The first-order valence-corrected chi connectivity index (χ1v) is 11.9. The Morgan fingerprint density at radius 2 is 1.61 bits per heavy atom. The Labute approximate surface area is 184 Å². The van der Waals surface area contributed by atoms with E-state index in [9.17, 15) is 9.59 Å². The van der Waals surface area contributed by atoms with Gasteiger partial charge < -0.3 is 14.4 Å². The van der Waals surface area contributed by atoms with Crippen molar-refractivity contribution in [3.05, 3.63) is 24.3 Å². The Balaban J connectivity index is 1.06. The molecular weight excluding hydrogens is 394 g/mol. The predicted molar refractivity (Wildman–Crippen MR) is 117 cm³/mol. The van der Waals surface area contributed by atoms with Crippen molar-refractivity contribution in [1.29, 1.82) is 0 Å². The van der Waals surface area contributed by atoms with Gasteiger partial charge in [0.05, 0.1) is 12.6 Å². The Morgan fingerprint density at radius 3 is 2.19 bits per heavy atom. The highest BCUT2D eigenvalue weighted by Gasteiger charge is 2.34. The number of rotatable bonds is 5. The van der Waals surface area contributed by atoms with E-state index in [2.05, 4.69) is 9.80 Å². The fourth-order valence-electron chi connectivity index (χ4n) is 5.27. The van der Waals surface area contributed by atoms with Crippen molar-refractivity contribution in [2.75, 3.05) is 44.2 Å². The topological polar surface area (TPSA) is 62.3 Å². The molecule has 0 bridgehead atoms. The third kappa shape index (κ3) is 4.52. The molecule has 2 amide bonds. The molecule has 4 fully saturated rings. The van der Waals surface area contributed by atoms with Gasteiger partial charge in [-0.1, -0.05) is 6.42 Å². The summed E-state index contributed by atoms with van der Waals surface area (Å²) in [5, 5.41) is 0. The van der Waals surface area contributed by atoms with Gasteiger partial charge in [0.25, 0.3) is 0 Å². The van der Waals surface area contributed by atoms with Crippen LogP contribution in [0.5, 0.6) is 5.75 Å². The van der Waals surface area contributed by atoms with Gasteiger partial charge in [-0.3, -0.25) is 14.6 Å². The average molecular weight is 428 g/mol. The molecule has 1 aromatic rings. The third-order valence-corrected chi connectivity index (χ3v) is 7.45. The molecule has 0 unspecified atom stereocenters. The van der Waals surface area contributed by atoms with Crippen molar-refractivity contribution in [2.45, 2.75) is 57.1 Å². The molecule has 7 heteroatoms. The fourth-order valence-corrected chi connectivity index (χ4v) is 5.27. The van der Waals surface area contributed by atoms with Crippen molar-refractivity contribution in [3.63, 3.8) is 0 Å². The lowest BCUT2D eigenvalue weighted by Gasteiger charge is -2.43. The number of carbonyl (C=O) groups is 2. The first kappa shape index (κ1) is 20.6. The molecule has 2 aliphatic heterocycles. The molecule has 0 atom stereocenters. The minimum absolute atomic E-state index is 0.152. The van der Waals surface area contributed by atoms with E-state index in [4.69, 9.17) is 9.47 Å². The second-order valence-electron chi connectivity index (χ2n) is 9.30. The largest absolute Gasteiger partial charge is 0.490 e. The van der Waals surface area contributed by atoms with Gasteiger partial charge in [0.15, 0.2) is 0 Å². The lowest BCUT2D eigenvalue weighted by molar-refractivity contribution is -0.139. The first-order valence-electron chi connectivity index (χ1n) is 11.9. The zero-order valence-electron chi connectivity index (χ0n) is 18.2. The van der Waals surface area contributed by atoms with Crippen molar-refractivity contribution in [2.24, 2.45) is 5.92 Å². The van der Waals surface area contributed by atoms with Crippen LogP contribution in [0.2, 0.25) is 0 Å². The molecule has 7 nitrogen and oxygen atoms in total. The highest BCUT2D eigenvalue weighted by Crippen LogP contribution is 2.31. The highest BCUT2D eigenvalue weighted by molar-refractivity contribution is 5.89. The second kappa shape index (κ2) is 9.07. The molecule has 5 rings (SSSR count). The molecule has 2 heterocycles. The van der Waals surface area contributed by atoms with Gasteiger partial charge in [-0.05, 0) is 62.8 Å².